The molecule has 3 aliphatic carbocycles. The predicted molar refractivity (Wildman–Crippen MR) is 69.2 cm³/mol. The maximum absolute atomic E-state index is 2.56. The molecule has 0 N–H and O–H groups in total. The summed E-state index contributed by atoms with van der Waals surface area (Å²) in [5, 5.41) is 0. The number of rotatable bonds is 5. The summed E-state index contributed by atoms with van der Waals surface area (Å²) in [4.78, 5) is 0. The summed E-state index contributed by atoms with van der Waals surface area (Å²) in [6.45, 7) is 5.10. The van der Waals surface area contributed by atoms with Crippen molar-refractivity contribution in [1.29, 1.82) is 0 Å². The van der Waals surface area contributed by atoms with Gasteiger partial charge in [-0.25, -0.2) is 0 Å². The molecule has 0 bridgehead atoms. The standard InChI is InChI=1S/C16H28/c1-11(14-5-3-4-6-14)12(2)16-10-15(16)9-13-7-8-13/h11-16H,3-10H2,1-2H3. The van der Waals surface area contributed by atoms with Gasteiger partial charge in [0.15, 0.2) is 0 Å². The molecule has 0 aromatic heterocycles. The molecule has 3 saturated carbocycles. The summed E-state index contributed by atoms with van der Waals surface area (Å²) >= 11 is 0. The van der Waals surface area contributed by atoms with Crippen LogP contribution in [-0.2, 0) is 0 Å². The van der Waals surface area contributed by atoms with E-state index in [0.29, 0.717) is 0 Å². The summed E-state index contributed by atoms with van der Waals surface area (Å²) < 4.78 is 0. The molecule has 0 nitrogen and oxygen atoms in total. The van der Waals surface area contributed by atoms with Crippen LogP contribution in [-0.4, -0.2) is 0 Å². The van der Waals surface area contributed by atoms with E-state index in [0.717, 1.165) is 35.5 Å². The van der Waals surface area contributed by atoms with Crippen LogP contribution in [0.3, 0.4) is 0 Å². The van der Waals surface area contributed by atoms with E-state index in [1.54, 1.807) is 25.7 Å². The third-order valence-electron chi connectivity index (χ3n) is 5.96. The Kier molecular flexibility index (Phi) is 3.02. The second-order valence-corrected chi connectivity index (χ2v) is 7.10. The lowest BCUT2D eigenvalue weighted by atomic mass is 9.80. The van der Waals surface area contributed by atoms with Crippen LogP contribution in [0.2, 0.25) is 0 Å². The van der Waals surface area contributed by atoms with E-state index in [1.165, 1.54) is 25.7 Å². The van der Waals surface area contributed by atoms with E-state index in [4.69, 9.17) is 0 Å². The van der Waals surface area contributed by atoms with Crippen LogP contribution in [0.1, 0.15) is 65.2 Å². The minimum atomic E-state index is 1.01. The highest BCUT2D eigenvalue weighted by Crippen LogP contribution is 2.54. The Labute approximate surface area is 101 Å². The maximum Gasteiger partial charge on any atom is -0.0354 e. The zero-order valence-corrected chi connectivity index (χ0v) is 11.1. The van der Waals surface area contributed by atoms with E-state index in [9.17, 15) is 0 Å². The van der Waals surface area contributed by atoms with E-state index < -0.39 is 0 Å². The minimum Gasteiger partial charge on any atom is -0.0620 e. The van der Waals surface area contributed by atoms with Crippen molar-refractivity contribution in [1.82, 2.24) is 0 Å². The molecule has 0 heterocycles. The molecular weight excluding hydrogens is 192 g/mol. The minimum absolute atomic E-state index is 1.01. The van der Waals surface area contributed by atoms with Crippen molar-refractivity contribution in [2.75, 3.05) is 0 Å². The van der Waals surface area contributed by atoms with Crippen LogP contribution in [0, 0.1) is 35.5 Å². The highest BCUT2D eigenvalue weighted by Gasteiger charge is 2.45. The molecule has 3 aliphatic rings. The van der Waals surface area contributed by atoms with Crippen LogP contribution in [0.4, 0.5) is 0 Å². The van der Waals surface area contributed by atoms with Crippen molar-refractivity contribution in [3.05, 3.63) is 0 Å². The van der Waals surface area contributed by atoms with Gasteiger partial charge in [-0.2, -0.15) is 0 Å². The first-order chi connectivity index (χ1) is 7.75. The molecule has 0 radical (unpaired) electrons. The monoisotopic (exact) mass is 220 g/mol. The van der Waals surface area contributed by atoms with Gasteiger partial charge in [0, 0.05) is 0 Å². The second-order valence-electron chi connectivity index (χ2n) is 7.10. The first-order valence-electron chi connectivity index (χ1n) is 7.75. The van der Waals surface area contributed by atoms with Crippen molar-refractivity contribution in [3.8, 4) is 0 Å². The van der Waals surface area contributed by atoms with E-state index in [1.807, 2.05) is 0 Å². The Morgan fingerprint density at radius 1 is 0.938 bits per heavy atom. The van der Waals surface area contributed by atoms with Gasteiger partial charge in [0.2, 0.25) is 0 Å². The molecule has 4 atom stereocenters. The Hall–Kier alpha value is 0. The summed E-state index contributed by atoms with van der Waals surface area (Å²) in [5.74, 6) is 6.53. The Bertz CT molecular complexity index is 234. The van der Waals surface area contributed by atoms with Crippen LogP contribution < -0.4 is 0 Å². The molecule has 92 valence electrons. The van der Waals surface area contributed by atoms with Gasteiger partial charge < -0.3 is 0 Å². The van der Waals surface area contributed by atoms with Crippen molar-refractivity contribution < 1.29 is 0 Å². The molecule has 0 aliphatic heterocycles. The van der Waals surface area contributed by atoms with Gasteiger partial charge in [0.05, 0.1) is 0 Å². The highest BCUT2D eigenvalue weighted by atomic mass is 14.5. The third-order valence-corrected chi connectivity index (χ3v) is 5.96. The van der Waals surface area contributed by atoms with Crippen molar-refractivity contribution in [2.24, 2.45) is 35.5 Å². The summed E-state index contributed by atoms with van der Waals surface area (Å²) in [6.07, 6.45) is 12.4. The zero-order valence-electron chi connectivity index (χ0n) is 11.1. The van der Waals surface area contributed by atoms with Gasteiger partial charge in [-0.15, -0.1) is 0 Å². The summed E-state index contributed by atoms with van der Waals surface area (Å²) in [5.41, 5.74) is 0. The van der Waals surface area contributed by atoms with Crippen LogP contribution >= 0.6 is 0 Å². The fourth-order valence-electron chi connectivity index (χ4n) is 4.27. The van der Waals surface area contributed by atoms with Crippen molar-refractivity contribution in [2.45, 2.75) is 65.2 Å². The van der Waals surface area contributed by atoms with Gasteiger partial charge in [-0.1, -0.05) is 52.4 Å². The molecule has 16 heavy (non-hydrogen) atoms. The Balaban J connectivity index is 1.46. The molecule has 0 amide bonds. The zero-order chi connectivity index (χ0) is 11.1. The smallest absolute Gasteiger partial charge is 0.0354 e. The van der Waals surface area contributed by atoms with E-state index in [-0.39, 0.29) is 0 Å². The average molecular weight is 220 g/mol. The Morgan fingerprint density at radius 3 is 2.25 bits per heavy atom. The topological polar surface area (TPSA) is 0 Å². The van der Waals surface area contributed by atoms with Crippen LogP contribution in [0.15, 0.2) is 0 Å². The van der Waals surface area contributed by atoms with Gasteiger partial charge in [0.1, 0.15) is 0 Å². The third kappa shape index (κ3) is 2.31. The fraction of sp³-hybridized carbons (Fsp3) is 1.00. The average Bonchev–Trinajstić information content (AvgIpc) is 3.20. The molecule has 3 rings (SSSR count). The maximum atomic E-state index is 2.56. The largest absolute Gasteiger partial charge is 0.0620 e. The molecule has 4 unspecified atom stereocenters. The molecule has 0 saturated heterocycles. The van der Waals surface area contributed by atoms with Crippen LogP contribution in [0.5, 0.6) is 0 Å². The van der Waals surface area contributed by atoms with Crippen molar-refractivity contribution >= 4 is 0 Å². The molecule has 0 aromatic rings. The summed E-state index contributed by atoms with van der Waals surface area (Å²) in [7, 11) is 0. The normalized spacial score (nSPS) is 38.6. The van der Waals surface area contributed by atoms with Crippen molar-refractivity contribution in [3.63, 3.8) is 0 Å². The van der Waals surface area contributed by atoms with Gasteiger partial charge >= 0.3 is 0 Å². The lowest BCUT2D eigenvalue weighted by Gasteiger charge is -2.26. The summed E-state index contributed by atoms with van der Waals surface area (Å²) in [6, 6.07) is 0. The number of hydrogen-bond acceptors (Lipinski definition) is 0. The second kappa shape index (κ2) is 4.35. The highest BCUT2D eigenvalue weighted by molar-refractivity contribution is 4.95. The predicted octanol–water partition coefficient (Wildman–Crippen LogP) is 4.89. The van der Waals surface area contributed by atoms with Gasteiger partial charge in [-0.05, 0) is 48.3 Å². The first-order valence-corrected chi connectivity index (χ1v) is 7.75. The molecule has 0 aromatic carbocycles. The first kappa shape index (κ1) is 11.1. The lowest BCUT2D eigenvalue weighted by molar-refractivity contribution is 0.233. The Morgan fingerprint density at radius 2 is 1.62 bits per heavy atom. The van der Waals surface area contributed by atoms with Gasteiger partial charge in [-0.3, -0.25) is 0 Å². The fourth-order valence-corrected chi connectivity index (χ4v) is 4.27. The molecule has 0 heteroatoms. The van der Waals surface area contributed by atoms with Crippen LogP contribution in [0.25, 0.3) is 0 Å². The van der Waals surface area contributed by atoms with Gasteiger partial charge in [0.25, 0.3) is 0 Å². The lowest BCUT2D eigenvalue weighted by Crippen LogP contribution is -2.19. The number of hydrogen-bond donors (Lipinski definition) is 0. The quantitative estimate of drug-likeness (QED) is 0.619. The van der Waals surface area contributed by atoms with E-state index >= 15 is 0 Å². The molecule has 0 spiro atoms. The van der Waals surface area contributed by atoms with E-state index in [2.05, 4.69) is 13.8 Å². The molecule has 3 fully saturated rings. The molecular formula is C16H28. The SMILES string of the molecule is CC(C1CCCC1)C(C)C1CC1CC1CC1.